The normalized spacial score (nSPS) is 32.2. The van der Waals surface area contributed by atoms with E-state index in [0.717, 1.165) is 26.0 Å². The lowest BCUT2D eigenvalue weighted by Crippen LogP contribution is -2.44. The minimum Gasteiger partial charge on any atom is -0.383 e. The monoisotopic (exact) mass is 159 g/mol. The highest BCUT2D eigenvalue weighted by atomic mass is 16.5. The SMILES string of the molecule is COCC1CCC(OC)CN1. The van der Waals surface area contributed by atoms with Crippen LogP contribution < -0.4 is 5.32 Å². The third-order valence-corrected chi connectivity index (χ3v) is 2.17. The molecule has 1 aliphatic rings. The van der Waals surface area contributed by atoms with Crippen LogP contribution in [0.25, 0.3) is 0 Å². The first-order chi connectivity index (χ1) is 5.36. The van der Waals surface area contributed by atoms with E-state index in [0.29, 0.717) is 12.1 Å². The Morgan fingerprint density at radius 1 is 1.36 bits per heavy atom. The molecular weight excluding hydrogens is 142 g/mol. The number of piperidine rings is 1. The van der Waals surface area contributed by atoms with E-state index >= 15 is 0 Å². The average Bonchev–Trinajstić information content (AvgIpc) is 2.07. The van der Waals surface area contributed by atoms with Crippen molar-refractivity contribution in [2.45, 2.75) is 25.0 Å². The van der Waals surface area contributed by atoms with Crippen molar-refractivity contribution in [1.82, 2.24) is 5.32 Å². The minimum atomic E-state index is 0.406. The molecule has 1 saturated heterocycles. The lowest BCUT2D eigenvalue weighted by molar-refractivity contribution is 0.0556. The molecule has 1 rings (SSSR count). The van der Waals surface area contributed by atoms with Crippen LogP contribution in [0.1, 0.15) is 12.8 Å². The van der Waals surface area contributed by atoms with E-state index in [1.54, 1.807) is 14.2 Å². The first-order valence-corrected chi connectivity index (χ1v) is 4.12. The molecule has 3 nitrogen and oxygen atoms in total. The molecule has 0 bridgehead atoms. The van der Waals surface area contributed by atoms with Gasteiger partial charge < -0.3 is 14.8 Å². The van der Waals surface area contributed by atoms with Crippen LogP contribution in [-0.4, -0.2) is 39.5 Å². The lowest BCUT2D eigenvalue weighted by atomic mass is 10.0. The van der Waals surface area contributed by atoms with E-state index in [-0.39, 0.29) is 0 Å². The molecule has 66 valence electrons. The molecule has 0 saturated carbocycles. The van der Waals surface area contributed by atoms with Gasteiger partial charge in [0.05, 0.1) is 12.7 Å². The van der Waals surface area contributed by atoms with E-state index in [9.17, 15) is 0 Å². The number of rotatable bonds is 3. The van der Waals surface area contributed by atoms with Crippen LogP contribution in [0, 0.1) is 0 Å². The van der Waals surface area contributed by atoms with Crippen LogP contribution in [0.15, 0.2) is 0 Å². The van der Waals surface area contributed by atoms with Gasteiger partial charge >= 0.3 is 0 Å². The number of hydrogen-bond acceptors (Lipinski definition) is 3. The molecule has 11 heavy (non-hydrogen) atoms. The predicted molar refractivity (Wildman–Crippen MR) is 43.7 cm³/mol. The highest BCUT2D eigenvalue weighted by molar-refractivity contribution is 4.77. The topological polar surface area (TPSA) is 30.5 Å². The van der Waals surface area contributed by atoms with E-state index in [1.165, 1.54) is 0 Å². The van der Waals surface area contributed by atoms with Gasteiger partial charge in [-0.05, 0) is 12.8 Å². The van der Waals surface area contributed by atoms with Crippen LogP contribution in [0.2, 0.25) is 0 Å². The Kier molecular flexibility index (Phi) is 3.83. The fraction of sp³-hybridized carbons (Fsp3) is 1.00. The fourth-order valence-corrected chi connectivity index (χ4v) is 1.43. The standard InChI is InChI=1S/C8H17NO2/c1-10-6-7-3-4-8(11-2)5-9-7/h7-9H,3-6H2,1-2H3. The highest BCUT2D eigenvalue weighted by Gasteiger charge is 2.19. The Morgan fingerprint density at radius 3 is 2.64 bits per heavy atom. The zero-order valence-electron chi connectivity index (χ0n) is 7.30. The Labute approximate surface area is 68.1 Å². The second-order valence-electron chi connectivity index (χ2n) is 3.00. The van der Waals surface area contributed by atoms with Crippen molar-refractivity contribution in [3.05, 3.63) is 0 Å². The maximum absolute atomic E-state index is 5.21. The summed E-state index contributed by atoms with van der Waals surface area (Å²) in [6.45, 7) is 1.78. The quantitative estimate of drug-likeness (QED) is 0.646. The van der Waals surface area contributed by atoms with Crippen LogP contribution in [-0.2, 0) is 9.47 Å². The van der Waals surface area contributed by atoms with Crippen molar-refractivity contribution in [3.63, 3.8) is 0 Å². The molecule has 3 heteroatoms. The van der Waals surface area contributed by atoms with Crippen molar-refractivity contribution in [2.24, 2.45) is 0 Å². The summed E-state index contributed by atoms with van der Waals surface area (Å²) in [6, 6.07) is 0.534. The molecule has 1 aliphatic heterocycles. The molecule has 0 aromatic rings. The maximum Gasteiger partial charge on any atom is 0.0696 e. The van der Waals surface area contributed by atoms with Gasteiger partial charge in [-0.15, -0.1) is 0 Å². The van der Waals surface area contributed by atoms with Crippen LogP contribution >= 0.6 is 0 Å². The second kappa shape index (κ2) is 4.70. The third kappa shape index (κ3) is 2.77. The van der Waals surface area contributed by atoms with Gasteiger partial charge in [-0.25, -0.2) is 0 Å². The van der Waals surface area contributed by atoms with Gasteiger partial charge in [0.2, 0.25) is 0 Å². The van der Waals surface area contributed by atoms with Gasteiger partial charge in [0.15, 0.2) is 0 Å². The van der Waals surface area contributed by atoms with Gasteiger partial charge in [-0.1, -0.05) is 0 Å². The summed E-state index contributed by atoms with van der Waals surface area (Å²) in [5.41, 5.74) is 0. The molecule has 1 heterocycles. The van der Waals surface area contributed by atoms with Crippen molar-refractivity contribution >= 4 is 0 Å². The summed E-state index contributed by atoms with van der Waals surface area (Å²) in [5, 5.41) is 3.37. The zero-order valence-corrected chi connectivity index (χ0v) is 7.30. The molecule has 0 aliphatic carbocycles. The summed E-state index contributed by atoms with van der Waals surface area (Å²) >= 11 is 0. The number of methoxy groups -OCH3 is 2. The van der Waals surface area contributed by atoms with Gasteiger partial charge in [-0.3, -0.25) is 0 Å². The average molecular weight is 159 g/mol. The Bertz CT molecular complexity index is 100. The smallest absolute Gasteiger partial charge is 0.0696 e. The highest BCUT2D eigenvalue weighted by Crippen LogP contribution is 2.10. The molecule has 2 unspecified atom stereocenters. The second-order valence-corrected chi connectivity index (χ2v) is 3.00. The van der Waals surface area contributed by atoms with Gasteiger partial charge in [0.25, 0.3) is 0 Å². The number of nitrogens with one attached hydrogen (secondary N) is 1. The number of hydrogen-bond donors (Lipinski definition) is 1. The first kappa shape index (κ1) is 8.97. The molecule has 0 aromatic carbocycles. The Hall–Kier alpha value is -0.120. The molecule has 0 aromatic heterocycles. The van der Waals surface area contributed by atoms with E-state index < -0.39 is 0 Å². The van der Waals surface area contributed by atoms with Crippen molar-refractivity contribution < 1.29 is 9.47 Å². The summed E-state index contributed by atoms with van der Waals surface area (Å²) < 4.78 is 10.3. The largest absolute Gasteiger partial charge is 0.383 e. The number of ether oxygens (including phenoxy) is 2. The molecule has 0 amide bonds. The third-order valence-electron chi connectivity index (χ3n) is 2.17. The summed E-state index contributed by atoms with van der Waals surface area (Å²) in [6.07, 6.45) is 2.72. The van der Waals surface area contributed by atoms with E-state index in [4.69, 9.17) is 9.47 Å². The Balaban J connectivity index is 2.14. The van der Waals surface area contributed by atoms with Crippen LogP contribution in [0.3, 0.4) is 0 Å². The van der Waals surface area contributed by atoms with Crippen molar-refractivity contribution in [1.29, 1.82) is 0 Å². The molecule has 0 spiro atoms. The summed E-state index contributed by atoms with van der Waals surface area (Å²) in [4.78, 5) is 0. The minimum absolute atomic E-state index is 0.406. The molecule has 2 atom stereocenters. The zero-order chi connectivity index (χ0) is 8.10. The molecule has 1 N–H and O–H groups in total. The van der Waals surface area contributed by atoms with Gasteiger partial charge in [-0.2, -0.15) is 0 Å². The summed E-state index contributed by atoms with van der Waals surface area (Å²) in [5.74, 6) is 0. The predicted octanol–water partition coefficient (Wildman–Crippen LogP) is 0.400. The maximum atomic E-state index is 5.21. The van der Waals surface area contributed by atoms with Crippen molar-refractivity contribution in [3.8, 4) is 0 Å². The van der Waals surface area contributed by atoms with Gasteiger partial charge in [0.1, 0.15) is 0 Å². The lowest BCUT2D eigenvalue weighted by Gasteiger charge is -2.28. The van der Waals surface area contributed by atoms with Gasteiger partial charge in [0, 0.05) is 26.8 Å². The fourth-order valence-electron chi connectivity index (χ4n) is 1.43. The molecular formula is C8H17NO2. The Morgan fingerprint density at radius 2 is 2.18 bits per heavy atom. The van der Waals surface area contributed by atoms with Crippen LogP contribution in [0.5, 0.6) is 0 Å². The summed E-state index contributed by atoms with van der Waals surface area (Å²) in [7, 11) is 3.51. The molecule has 0 radical (unpaired) electrons. The van der Waals surface area contributed by atoms with E-state index in [2.05, 4.69) is 5.32 Å². The van der Waals surface area contributed by atoms with Crippen LogP contribution in [0.4, 0.5) is 0 Å². The van der Waals surface area contributed by atoms with E-state index in [1.807, 2.05) is 0 Å². The first-order valence-electron chi connectivity index (χ1n) is 4.12. The van der Waals surface area contributed by atoms with Crippen molar-refractivity contribution in [2.75, 3.05) is 27.4 Å². The molecule has 1 fully saturated rings.